The molecule has 3 aliphatic heterocycles. The summed E-state index contributed by atoms with van der Waals surface area (Å²) < 4.78 is 13.3. The number of anilines is 1. The number of nitrogens with one attached hydrogen (secondary N) is 2. The monoisotopic (exact) mass is 656 g/mol. The van der Waals surface area contributed by atoms with Gasteiger partial charge in [0.05, 0.1) is 31.9 Å². The molecule has 1 spiro atoms. The van der Waals surface area contributed by atoms with Crippen molar-refractivity contribution in [3.63, 3.8) is 0 Å². The molecule has 0 unspecified atom stereocenters. The smallest absolute Gasteiger partial charge is 0.303 e. The molecule has 0 saturated carbocycles. The number of amides is 2. The van der Waals surface area contributed by atoms with Crippen molar-refractivity contribution in [1.29, 1.82) is 0 Å². The summed E-state index contributed by atoms with van der Waals surface area (Å²) in [5, 5.41) is 24.3. The predicted molar refractivity (Wildman–Crippen MR) is 178 cm³/mol. The van der Waals surface area contributed by atoms with Crippen LogP contribution in [-0.2, 0) is 37.0 Å². The fourth-order valence-corrected chi connectivity index (χ4v) is 7.02. The lowest BCUT2D eigenvalue weighted by molar-refractivity contribution is -0.276. The molecule has 0 radical (unpaired) electrons. The molecule has 3 fully saturated rings. The fraction of sp³-hybridized carbons (Fsp3) is 0.432. The van der Waals surface area contributed by atoms with Crippen molar-refractivity contribution in [2.45, 2.75) is 69.8 Å². The van der Waals surface area contributed by atoms with Crippen molar-refractivity contribution in [3.8, 4) is 0 Å². The number of carbonyl (C=O) groups is 3. The van der Waals surface area contributed by atoms with Crippen LogP contribution in [-0.4, -0.2) is 70.8 Å². The van der Waals surface area contributed by atoms with E-state index in [0.29, 0.717) is 19.8 Å². The van der Waals surface area contributed by atoms with E-state index in [1.807, 2.05) is 66.7 Å². The Kier molecular flexibility index (Phi) is 10.4. The number of aliphatic hydroxyl groups is 1. The Morgan fingerprint density at radius 3 is 2.25 bits per heavy atom. The first kappa shape index (κ1) is 33.6. The number of ether oxygens (including phenoxy) is 2. The Morgan fingerprint density at radius 1 is 0.917 bits per heavy atom. The van der Waals surface area contributed by atoms with Crippen LogP contribution in [0, 0.1) is 5.92 Å². The van der Waals surface area contributed by atoms with Crippen molar-refractivity contribution in [2.75, 3.05) is 31.2 Å². The van der Waals surface area contributed by atoms with Crippen molar-refractivity contribution >= 4 is 23.5 Å². The lowest BCUT2D eigenvalue weighted by Gasteiger charge is -2.46. The second kappa shape index (κ2) is 14.9. The molecule has 3 heterocycles. The van der Waals surface area contributed by atoms with Crippen molar-refractivity contribution in [1.82, 2.24) is 15.5 Å². The molecule has 0 aromatic heterocycles. The standard InChI is InChI=1S/C37H44N4O7/c1-25-31(22-40-19-17-37(18-20-40)36(46)39-24-41(37)30-5-3-2-4-6-30)47-35(48-34(25)28-11-9-27(23-42)10-12-28)29-13-7-26(8-14-29)21-38-32(43)15-16-33(44)45/h2-14,25,31,34-35,42H,15-24H2,1H3,(H,38,43)(H,39,46)(H,44,45)/t25-,31+,34+,35+/m0/s1. The van der Waals surface area contributed by atoms with Gasteiger partial charge in [-0.1, -0.05) is 73.7 Å². The highest BCUT2D eigenvalue weighted by atomic mass is 16.7. The van der Waals surface area contributed by atoms with Gasteiger partial charge < -0.3 is 40.1 Å². The molecule has 2 amide bonds. The quantitative estimate of drug-likeness (QED) is 0.242. The first-order chi connectivity index (χ1) is 23.3. The summed E-state index contributed by atoms with van der Waals surface area (Å²) in [5.74, 6) is -1.20. The van der Waals surface area contributed by atoms with E-state index in [1.54, 1.807) is 0 Å². The van der Waals surface area contributed by atoms with Gasteiger partial charge in [-0.25, -0.2) is 0 Å². The second-order valence-electron chi connectivity index (χ2n) is 13.0. The van der Waals surface area contributed by atoms with Gasteiger partial charge in [0.2, 0.25) is 11.8 Å². The zero-order valence-electron chi connectivity index (χ0n) is 27.2. The number of carbonyl (C=O) groups excluding carboxylic acids is 2. The van der Waals surface area contributed by atoms with E-state index in [-0.39, 0.29) is 49.4 Å². The number of benzene rings is 3. The molecule has 0 bridgehead atoms. The maximum Gasteiger partial charge on any atom is 0.303 e. The van der Waals surface area contributed by atoms with E-state index in [1.165, 1.54) is 0 Å². The maximum absolute atomic E-state index is 13.2. The average molecular weight is 657 g/mol. The van der Waals surface area contributed by atoms with Gasteiger partial charge in [-0.15, -0.1) is 0 Å². The van der Waals surface area contributed by atoms with Crippen LogP contribution >= 0.6 is 0 Å². The van der Waals surface area contributed by atoms with Gasteiger partial charge in [-0.2, -0.15) is 0 Å². The normalized spacial score (nSPS) is 24.0. The summed E-state index contributed by atoms with van der Waals surface area (Å²) in [6, 6.07) is 25.6. The van der Waals surface area contributed by atoms with E-state index in [0.717, 1.165) is 53.9 Å². The van der Waals surface area contributed by atoms with E-state index < -0.39 is 17.8 Å². The molecular weight excluding hydrogens is 612 g/mol. The number of aliphatic carboxylic acids is 1. The molecule has 48 heavy (non-hydrogen) atoms. The number of piperidine rings is 1. The van der Waals surface area contributed by atoms with E-state index >= 15 is 0 Å². The van der Waals surface area contributed by atoms with Gasteiger partial charge in [0.15, 0.2) is 6.29 Å². The molecule has 0 aliphatic carbocycles. The minimum absolute atomic E-state index is 0.0213. The SMILES string of the molecule is C[C@H]1[C@@H](CN2CCC3(CC2)C(=O)NCN3c2ccccc2)O[C@@H](c2ccc(CNC(=O)CCC(=O)O)cc2)O[C@H]1c1ccc(CO)cc1. The fourth-order valence-electron chi connectivity index (χ4n) is 7.02. The minimum atomic E-state index is -1.00. The van der Waals surface area contributed by atoms with Crippen LogP contribution in [0.4, 0.5) is 5.69 Å². The van der Waals surface area contributed by atoms with Gasteiger partial charge >= 0.3 is 5.97 Å². The van der Waals surface area contributed by atoms with Crippen LogP contribution in [0.3, 0.4) is 0 Å². The maximum atomic E-state index is 13.2. The minimum Gasteiger partial charge on any atom is -0.481 e. The van der Waals surface area contributed by atoms with Crippen LogP contribution in [0.2, 0.25) is 0 Å². The zero-order chi connectivity index (χ0) is 33.7. The Hall–Kier alpha value is -4.29. The molecule has 3 saturated heterocycles. The number of aliphatic hydroxyl groups excluding tert-OH is 1. The summed E-state index contributed by atoms with van der Waals surface area (Å²) in [7, 11) is 0. The molecule has 3 aromatic carbocycles. The van der Waals surface area contributed by atoms with Gasteiger partial charge in [0.25, 0.3) is 0 Å². The van der Waals surface area contributed by atoms with Crippen LogP contribution in [0.1, 0.15) is 67.3 Å². The third-order valence-corrected chi connectivity index (χ3v) is 9.96. The Morgan fingerprint density at radius 2 is 1.58 bits per heavy atom. The number of hydrogen-bond acceptors (Lipinski definition) is 8. The summed E-state index contributed by atoms with van der Waals surface area (Å²) in [6.07, 6.45) is 0.136. The predicted octanol–water partition coefficient (Wildman–Crippen LogP) is 3.88. The Bertz CT molecular complexity index is 1560. The molecule has 3 aliphatic rings. The Labute approximate surface area is 280 Å². The highest BCUT2D eigenvalue weighted by Crippen LogP contribution is 2.43. The number of carboxylic acids is 1. The summed E-state index contributed by atoms with van der Waals surface area (Å²) in [6.45, 7) is 5.13. The Balaban J connectivity index is 1.15. The van der Waals surface area contributed by atoms with E-state index in [2.05, 4.69) is 39.5 Å². The lowest BCUT2D eigenvalue weighted by Crippen LogP contribution is -2.57. The topological polar surface area (TPSA) is 141 Å². The molecule has 11 nitrogen and oxygen atoms in total. The molecular formula is C37H44N4O7. The first-order valence-corrected chi connectivity index (χ1v) is 16.7. The number of hydrogen-bond donors (Lipinski definition) is 4. The van der Waals surface area contributed by atoms with Gasteiger partial charge in [0.1, 0.15) is 5.54 Å². The zero-order valence-corrected chi connectivity index (χ0v) is 27.2. The number of likely N-dealkylation sites (tertiary alicyclic amines) is 1. The van der Waals surface area contributed by atoms with Crippen molar-refractivity contribution in [2.24, 2.45) is 5.92 Å². The molecule has 6 rings (SSSR count). The van der Waals surface area contributed by atoms with Gasteiger partial charge in [-0.05, 0) is 41.7 Å². The van der Waals surface area contributed by atoms with Crippen LogP contribution in [0.15, 0.2) is 78.9 Å². The third kappa shape index (κ3) is 7.39. The number of nitrogens with zero attached hydrogens (tertiary/aromatic N) is 2. The number of rotatable bonds is 11. The summed E-state index contributed by atoms with van der Waals surface area (Å²) in [4.78, 5) is 40.6. The van der Waals surface area contributed by atoms with E-state index in [9.17, 15) is 19.5 Å². The third-order valence-electron chi connectivity index (χ3n) is 9.96. The summed E-state index contributed by atoms with van der Waals surface area (Å²) >= 11 is 0. The van der Waals surface area contributed by atoms with Gasteiger partial charge in [0, 0.05) is 49.8 Å². The van der Waals surface area contributed by atoms with Crippen LogP contribution < -0.4 is 15.5 Å². The van der Waals surface area contributed by atoms with Crippen LogP contribution in [0.25, 0.3) is 0 Å². The number of para-hydroxylation sites is 1. The summed E-state index contributed by atoms with van der Waals surface area (Å²) in [5.41, 5.74) is 4.06. The molecule has 4 atom stereocenters. The first-order valence-electron chi connectivity index (χ1n) is 16.7. The average Bonchev–Trinajstić information content (AvgIpc) is 3.43. The largest absolute Gasteiger partial charge is 0.481 e. The molecule has 11 heteroatoms. The van der Waals surface area contributed by atoms with Crippen LogP contribution in [0.5, 0.6) is 0 Å². The lowest BCUT2D eigenvalue weighted by atomic mass is 9.84. The van der Waals surface area contributed by atoms with Gasteiger partial charge in [-0.3, -0.25) is 14.4 Å². The highest BCUT2D eigenvalue weighted by molar-refractivity contribution is 5.93. The molecule has 4 N–H and O–H groups in total. The van der Waals surface area contributed by atoms with Crippen molar-refractivity contribution < 1.29 is 34.1 Å². The molecule has 3 aromatic rings. The van der Waals surface area contributed by atoms with Crippen molar-refractivity contribution in [3.05, 3.63) is 101 Å². The highest BCUT2D eigenvalue weighted by Gasteiger charge is 2.51. The number of carboxylic acid groups (broad SMARTS) is 1. The molecule has 254 valence electrons. The van der Waals surface area contributed by atoms with E-state index in [4.69, 9.17) is 14.6 Å². The second-order valence-corrected chi connectivity index (χ2v) is 13.0.